The van der Waals surface area contributed by atoms with E-state index in [0.29, 0.717) is 29.4 Å². The first-order valence-electron chi connectivity index (χ1n) is 9.59. The summed E-state index contributed by atoms with van der Waals surface area (Å²) in [6.07, 6.45) is 6.00. The highest BCUT2D eigenvalue weighted by atomic mass is 32.2. The maximum atomic E-state index is 11.6. The Morgan fingerprint density at radius 3 is 2.52 bits per heavy atom. The second-order valence-electron chi connectivity index (χ2n) is 7.97. The summed E-state index contributed by atoms with van der Waals surface area (Å²) in [6, 6.07) is 13.7. The van der Waals surface area contributed by atoms with Crippen molar-refractivity contribution in [3.63, 3.8) is 0 Å². The number of fused-ring (bicyclic) bond motifs is 1. The van der Waals surface area contributed by atoms with Crippen LogP contribution < -0.4 is 9.47 Å². The van der Waals surface area contributed by atoms with E-state index in [-0.39, 0.29) is 0 Å². The molecule has 2 aliphatic rings. The third-order valence-corrected chi connectivity index (χ3v) is 7.10. The molecule has 4 rings (SSSR count). The Balaban J connectivity index is 1.38. The van der Waals surface area contributed by atoms with Crippen LogP contribution in [0.25, 0.3) is 0 Å². The monoisotopic (exact) mass is 386 g/mol. The lowest BCUT2D eigenvalue weighted by Crippen LogP contribution is -2.03. The molecule has 3 atom stereocenters. The van der Waals surface area contributed by atoms with Crippen molar-refractivity contribution < 1.29 is 17.9 Å². The minimum atomic E-state index is -3.12. The average Bonchev–Trinajstić information content (AvgIpc) is 3.29. The summed E-state index contributed by atoms with van der Waals surface area (Å²) in [5.74, 6) is 3.41. The van der Waals surface area contributed by atoms with Crippen LogP contribution in [0.2, 0.25) is 0 Å². The first-order valence-corrected chi connectivity index (χ1v) is 11.5. The van der Waals surface area contributed by atoms with Crippen LogP contribution in [-0.2, 0) is 9.84 Å². The van der Waals surface area contributed by atoms with Gasteiger partial charge in [-0.05, 0) is 78.8 Å². The molecule has 5 heteroatoms. The molecular weight excluding hydrogens is 360 g/mol. The normalized spacial score (nSPS) is 22.7. The van der Waals surface area contributed by atoms with Gasteiger partial charge in [-0.1, -0.05) is 25.1 Å². The Morgan fingerprint density at radius 1 is 1.04 bits per heavy atom. The van der Waals surface area contributed by atoms with Gasteiger partial charge in [0, 0.05) is 6.26 Å². The highest BCUT2D eigenvalue weighted by Gasteiger charge is 2.28. The number of ether oxygens (including phenoxy) is 2. The zero-order valence-electron chi connectivity index (χ0n) is 15.9. The molecule has 2 aromatic rings. The topological polar surface area (TPSA) is 52.6 Å². The highest BCUT2D eigenvalue weighted by Crippen LogP contribution is 2.43. The summed E-state index contributed by atoms with van der Waals surface area (Å²) in [5.41, 5.74) is 2.57. The molecule has 0 spiro atoms. The maximum Gasteiger partial charge on any atom is 0.231 e. The molecule has 0 radical (unpaired) electrons. The van der Waals surface area contributed by atoms with E-state index < -0.39 is 9.84 Å². The third-order valence-electron chi connectivity index (χ3n) is 5.97. The van der Waals surface area contributed by atoms with Gasteiger partial charge in [0.05, 0.1) is 4.90 Å². The van der Waals surface area contributed by atoms with Gasteiger partial charge in [-0.15, -0.1) is 0 Å². The van der Waals surface area contributed by atoms with Crippen LogP contribution in [0, 0.1) is 5.92 Å². The van der Waals surface area contributed by atoms with Gasteiger partial charge in [0.2, 0.25) is 6.79 Å². The summed E-state index contributed by atoms with van der Waals surface area (Å²) in [5, 5.41) is 0. The molecule has 0 bridgehead atoms. The van der Waals surface area contributed by atoms with Gasteiger partial charge in [-0.2, -0.15) is 0 Å². The minimum Gasteiger partial charge on any atom is -0.454 e. The van der Waals surface area contributed by atoms with E-state index in [1.807, 2.05) is 18.2 Å². The standard InChI is InChI=1S/C22H26O4S/c1-15(18-7-10-21-22(13-18)26-14-25-21)11-16-3-4-19(12-16)17-5-8-20(9-6-17)27(2,23)24/h5-10,13,15-16,19H,3-4,11-12,14H2,1-2H3/t15-,16?,19-/m0/s1. The molecule has 0 saturated heterocycles. The highest BCUT2D eigenvalue weighted by molar-refractivity contribution is 7.90. The molecule has 144 valence electrons. The Bertz CT molecular complexity index is 918. The van der Waals surface area contributed by atoms with Gasteiger partial charge in [-0.3, -0.25) is 0 Å². The summed E-state index contributed by atoms with van der Waals surface area (Å²) in [7, 11) is -3.12. The van der Waals surface area contributed by atoms with Crippen molar-refractivity contribution in [3.8, 4) is 11.5 Å². The Labute approximate surface area is 161 Å². The zero-order valence-corrected chi connectivity index (χ0v) is 16.7. The van der Waals surface area contributed by atoms with Crippen LogP contribution in [-0.4, -0.2) is 21.5 Å². The number of benzene rings is 2. The molecule has 0 amide bonds. The molecule has 1 aliphatic carbocycles. The van der Waals surface area contributed by atoms with Gasteiger partial charge < -0.3 is 9.47 Å². The Kier molecular flexibility index (Phi) is 4.89. The second-order valence-corrected chi connectivity index (χ2v) is 9.98. The molecular formula is C22H26O4S. The summed E-state index contributed by atoms with van der Waals surface area (Å²) >= 11 is 0. The quantitative estimate of drug-likeness (QED) is 0.734. The van der Waals surface area contributed by atoms with E-state index >= 15 is 0 Å². The summed E-state index contributed by atoms with van der Waals surface area (Å²) in [6.45, 7) is 2.60. The Hall–Kier alpha value is -2.01. The van der Waals surface area contributed by atoms with Gasteiger partial charge in [-0.25, -0.2) is 8.42 Å². The van der Waals surface area contributed by atoms with Gasteiger partial charge >= 0.3 is 0 Å². The van der Waals surface area contributed by atoms with Crippen molar-refractivity contribution in [3.05, 3.63) is 53.6 Å². The first kappa shape index (κ1) is 18.4. The largest absolute Gasteiger partial charge is 0.454 e. The van der Waals surface area contributed by atoms with E-state index in [1.165, 1.54) is 36.6 Å². The fraction of sp³-hybridized carbons (Fsp3) is 0.455. The van der Waals surface area contributed by atoms with Crippen molar-refractivity contribution >= 4 is 9.84 Å². The Morgan fingerprint density at radius 2 is 1.78 bits per heavy atom. The summed E-state index contributed by atoms with van der Waals surface area (Å²) in [4.78, 5) is 0.400. The molecule has 27 heavy (non-hydrogen) atoms. The molecule has 1 unspecified atom stereocenters. The van der Waals surface area contributed by atoms with Crippen molar-refractivity contribution in [2.24, 2.45) is 5.92 Å². The molecule has 1 fully saturated rings. The fourth-order valence-electron chi connectivity index (χ4n) is 4.43. The average molecular weight is 387 g/mol. The van der Waals surface area contributed by atoms with Crippen LogP contribution in [0.15, 0.2) is 47.4 Å². The van der Waals surface area contributed by atoms with E-state index in [9.17, 15) is 8.42 Å². The van der Waals surface area contributed by atoms with E-state index in [0.717, 1.165) is 17.9 Å². The number of sulfone groups is 1. The van der Waals surface area contributed by atoms with Crippen molar-refractivity contribution in [1.29, 1.82) is 0 Å². The van der Waals surface area contributed by atoms with E-state index in [4.69, 9.17) is 9.47 Å². The smallest absolute Gasteiger partial charge is 0.231 e. The molecule has 1 saturated carbocycles. The van der Waals surface area contributed by atoms with E-state index in [1.54, 1.807) is 12.1 Å². The van der Waals surface area contributed by atoms with Crippen LogP contribution in [0.5, 0.6) is 11.5 Å². The maximum absolute atomic E-state index is 11.6. The number of rotatable bonds is 5. The molecule has 4 nitrogen and oxygen atoms in total. The second kappa shape index (κ2) is 7.19. The minimum absolute atomic E-state index is 0.315. The van der Waals surface area contributed by atoms with Crippen LogP contribution in [0.1, 0.15) is 55.6 Å². The molecule has 1 aliphatic heterocycles. The SMILES string of the molecule is C[C@@H](CC1CC[C@H](c2ccc(S(C)(=O)=O)cc2)C1)c1ccc2c(c1)OCO2. The number of hydrogen-bond donors (Lipinski definition) is 0. The predicted molar refractivity (Wildman–Crippen MR) is 105 cm³/mol. The molecule has 0 N–H and O–H groups in total. The molecule has 2 aromatic carbocycles. The number of hydrogen-bond acceptors (Lipinski definition) is 4. The van der Waals surface area contributed by atoms with Crippen LogP contribution in [0.3, 0.4) is 0 Å². The first-order chi connectivity index (χ1) is 12.9. The zero-order chi connectivity index (χ0) is 19.0. The van der Waals surface area contributed by atoms with Crippen LogP contribution >= 0.6 is 0 Å². The van der Waals surface area contributed by atoms with Crippen molar-refractivity contribution in [1.82, 2.24) is 0 Å². The van der Waals surface area contributed by atoms with E-state index in [2.05, 4.69) is 19.1 Å². The van der Waals surface area contributed by atoms with Crippen molar-refractivity contribution in [2.45, 2.75) is 49.3 Å². The third kappa shape index (κ3) is 3.98. The lowest BCUT2D eigenvalue weighted by atomic mass is 9.88. The predicted octanol–water partition coefficient (Wildman–Crippen LogP) is 4.90. The lowest BCUT2D eigenvalue weighted by molar-refractivity contribution is 0.174. The fourth-order valence-corrected chi connectivity index (χ4v) is 5.07. The molecule has 0 aromatic heterocycles. The lowest BCUT2D eigenvalue weighted by Gasteiger charge is -2.18. The van der Waals surface area contributed by atoms with Gasteiger partial charge in [0.25, 0.3) is 0 Å². The molecule has 1 heterocycles. The van der Waals surface area contributed by atoms with Crippen molar-refractivity contribution in [2.75, 3.05) is 13.0 Å². The van der Waals surface area contributed by atoms with Crippen LogP contribution in [0.4, 0.5) is 0 Å². The van der Waals surface area contributed by atoms with Gasteiger partial charge in [0.15, 0.2) is 21.3 Å². The summed E-state index contributed by atoms with van der Waals surface area (Å²) < 4.78 is 34.2. The van der Waals surface area contributed by atoms with Gasteiger partial charge in [0.1, 0.15) is 0 Å².